The van der Waals surface area contributed by atoms with Gasteiger partial charge >= 0.3 is 0 Å². The van der Waals surface area contributed by atoms with Crippen LogP contribution in [0.4, 0.5) is 0 Å². The average Bonchev–Trinajstić information content (AvgIpc) is 2.90. The molecule has 1 N–H and O–H groups in total. The summed E-state index contributed by atoms with van der Waals surface area (Å²) in [4.78, 5) is 4.73. The third kappa shape index (κ3) is 3.09. The monoisotopic (exact) mass is 318 g/mol. The molecule has 2 atom stereocenters. The smallest absolute Gasteiger partial charge is 0.0959 e. The summed E-state index contributed by atoms with van der Waals surface area (Å²) in [6.07, 6.45) is 7.92. The van der Waals surface area contributed by atoms with Crippen LogP contribution in [-0.2, 0) is 18.3 Å². The van der Waals surface area contributed by atoms with E-state index >= 15 is 0 Å². The first-order valence-corrected chi connectivity index (χ1v) is 8.93. The van der Waals surface area contributed by atoms with Crippen LogP contribution in [0.1, 0.15) is 47.5 Å². The van der Waals surface area contributed by atoms with Gasteiger partial charge < -0.3 is 10.1 Å². The van der Waals surface area contributed by atoms with E-state index in [9.17, 15) is 0 Å². The highest BCUT2D eigenvalue weighted by molar-refractivity contribution is 7.09. The van der Waals surface area contributed by atoms with Crippen molar-refractivity contribution in [1.82, 2.24) is 20.1 Å². The second-order valence-corrected chi connectivity index (χ2v) is 7.26. The van der Waals surface area contributed by atoms with Crippen molar-refractivity contribution in [3.05, 3.63) is 34.0 Å². The summed E-state index contributed by atoms with van der Waals surface area (Å²) in [6.45, 7) is 2.67. The van der Waals surface area contributed by atoms with Crippen LogP contribution in [-0.4, -0.2) is 27.9 Å². The molecule has 2 aromatic rings. The highest BCUT2D eigenvalue weighted by Crippen LogP contribution is 2.41. The Balaban J connectivity index is 1.30. The molecule has 0 unspecified atom stereocenters. The minimum atomic E-state index is 0.179. The lowest BCUT2D eigenvalue weighted by Gasteiger charge is -2.17. The Kier molecular flexibility index (Phi) is 3.98. The SMILES string of the molecule is Cn1cc([C@H]2OCC[C@@H]2CNCc2csc(C3CC3)n2)cn1. The molecule has 1 aliphatic carbocycles. The van der Waals surface area contributed by atoms with Crippen molar-refractivity contribution in [3.8, 4) is 0 Å². The van der Waals surface area contributed by atoms with E-state index in [-0.39, 0.29) is 6.10 Å². The van der Waals surface area contributed by atoms with Crippen molar-refractivity contribution < 1.29 is 4.74 Å². The Labute approximate surface area is 134 Å². The van der Waals surface area contributed by atoms with Crippen LogP contribution in [0, 0.1) is 5.92 Å². The van der Waals surface area contributed by atoms with E-state index in [1.54, 1.807) is 0 Å². The summed E-state index contributed by atoms with van der Waals surface area (Å²) < 4.78 is 7.75. The molecule has 0 bridgehead atoms. The maximum atomic E-state index is 5.90. The molecule has 0 spiro atoms. The van der Waals surface area contributed by atoms with Crippen LogP contribution < -0.4 is 5.32 Å². The molecule has 118 valence electrons. The molecule has 0 amide bonds. The van der Waals surface area contributed by atoms with E-state index in [2.05, 4.69) is 22.0 Å². The van der Waals surface area contributed by atoms with Gasteiger partial charge in [0.25, 0.3) is 0 Å². The number of hydrogen-bond acceptors (Lipinski definition) is 5. The molecule has 22 heavy (non-hydrogen) atoms. The third-order valence-corrected chi connectivity index (χ3v) is 5.53. The van der Waals surface area contributed by atoms with E-state index in [4.69, 9.17) is 9.72 Å². The summed E-state index contributed by atoms with van der Waals surface area (Å²) in [6, 6.07) is 0. The molecular weight excluding hydrogens is 296 g/mol. The van der Waals surface area contributed by atoms with Crippen molar-refractivity contribution in [2.24, 2.45) is 13.0 Å². The average molecular weight is 318 g/mol. The minimum absolute atomic E-state index is 0.179. The summed E-state index contributed by atoms with van der Waals surface area (Å²) >= 11 is 1.82. The highest BCUT2D eigenvalue weighted by atomic mass is 32.1. The number of rotatable bonds is 6. The molecule has 2 aliphatic rings. The number of nitrogens with zero attached hydrogens (tertiary/aromatic N) is 3. The topological polar surface area (TPSA) is 52.0 Å². The number of aromatic nitrogens is 3. The zero-order chi connectivity index (χ0) is 14.9. The summed E-state index contributed by atoms with van der Waals surface area (Å²) in [5.41, 5.74) is 2.38. The number of ether oxygens (including phenoxy) is 1. The first-order valence-electron chi connectivity index (χ1n) is 8.05. The van der Waals surface area contributed by atoms with Crippen LogP contribution in [0.2, 0.25) is 0 Å². The number of thiazole rings is 1. The molecule has 1 saturated heterocycles. The van der Waals surface area contributed by atoms with Crippen LogP contribution in [0.15, 0.2) is 17.8 Å². The van der Waals surface area contributed by atoms with Gasteiger partial charge in [0.2, 0.25) is 0 Å². The Morgan fingerprint density at radius 3 is 3.09 bits per heavy atom. The van der Waals surface area contributed by atoms with Gasteiger partial charge in [-0.25, -0.2) is 4.98 Å². The van der Waals surface area contributed by atoms with Gasteiger partial charge in [0, 0.05) is 55.7 Å². The standard InChI is InChI=1S/C16H22N4OS/c1-20-9-13(7-18-20)15-12(4-5-21-15)6-17-8-14-10-22-16(19-14)11-2-3-11/h7,9-12,15,17H,2-6,8H2,1H3/t12-,15+/m1/s1. The third-order valence-electron chi connectivity index (χ3n) is 4.48. The molecule has 0 aromatic carbocycles. The lowest BCUT2D eigenvalue weighted by molar-refractivity contribution is 0.0904. The van der Waals surface area contributed by atoms with Gasteiger partial charge in [-0.1, -0.05) is 0 Å². The van der Waals surface area contributed by atoms with Crippen LogP contribution in [0.3, 0.4) is 0 Å². The first-order chi connectivity index (χ1) is 10.8. The quantitative estimate of drug-likeness (QED) is 0.889. The predicted molar refractivity (Wildman–Crippen MR) is 85.8 cm³/mol. The van der Waals surface area contributed by atoms with Gasteiger partial charge in [-0.3, -0.25) is 4.68 Å². The number of hydrogen-bond donors (Lipinski definition) is 1. The van der Waals surface area contributed by atoms with E-state index in [1.165, 1.54) is 29.1 Å². The van der Waals surface area contributed by atoms with Crippen molar-refractivity contribution in [2.45, 2.75) is 37.8 Å². The fraction of sp³-hybridized carbons (Fsp3) is 0.625. The molecule has 0 radical (unpaired) electrons. The maximum absolute atomic E-state index is 5.90. The Bertz CT molecular complexity index is 634. The molecular formula is C16H22N4OS. The second kappa shape index (κ2) is 6.10. The van der Waals surface area contributed by atoms with E-state index in [1.807, 2.05) is 29.3 Å². The summed E-state index contributed by atoms with van der Waals surface area (Å²) in [5.74, 6) is 1.28. The Morgan fingerprint density at radius 1 is 1.41 bits per heavy atom. The van der Waals surface area contributed by atoms with Crippen molar-refractivity contribution in [2.75, 3.05) is 13.2 Å². The molecule has 3 heterocycles. The van der Waals surface area contributed by atoms with Crippen molar-refractivity contribution in [3.63, 3.8) is 0 Å². The van der Waals surface area contributed by atoms with Gasteiger partial charge in [-0.05, 0) is 19.3 Å². The van der Waals surface area contributed by atoms with Crippen LogP contribution in [0.25, 0.3) is 0 Å². The number of aryl methyl sites for hydroxylation is 1. The zero-order valence-electron chi connectivity index (χ0n) is 12.9. The molecule has 6 heteroatoms. The van der Waals surface area contributed by atoms with Gasteiger partial charge in [-0.2, -0.15) is 5.10 Å². The number of nitrogens with one attached hydrogen (secondary N) is 1. The minimum Gasteiger partial charge on any atom is -0.373 e. The largest absolute Gasteiger partial charge is 0.373 e. The van der Waals surface area contributed by atoms with E-state index in [0.717, 1.165) is 32.0 Å². The van der Waals surface area contributed by atoms with Crippen molar-refractivity contribution in [1.29, 1.82) is 0 Å². The molecule has 1 aliphatic heterocycles. The maximum Gasteiger partial charge on any atom is 0.0959 e. The Morgan fingerprint density at radius 2 is 2.32 bits per heavy atom. The van der Waals surface area contributed by atoms with Gasteiger partial charge in [0.15, 0.2) is 0 Å². The fourth-order valence-electron chi connectivity index (χ4n) is 3.11. The van der Waals surface area contributed by atoms with Crippen molar-refractivity contribution >= 4 is 11.3 Å². The first kappa shape index (κ1) is 14.4. The molecule has 2 fully saturated rings. The molecule has 2 aromatic heterocycles. The molecule has 4 rings (SSSR count). The van der Waals surface area contributed by atoms with Gasteiger partial charge in [0.1, 0.15) is 0 Å². The summed E-state index contributed by atoms with van der Waals surface area (Å²) in [7, 11) is 1.95. The zero-order valence-corrected chi connectivity index (χ0v) is 13.7. The van der Waals surface area contributed by atoms with Crippen LogP contribution in [0.5, 0.6) is 0 Å². The summed E-state index contributed by atoms with van der Waals surface area (Å²) in [5, 5.41) is 11.3. The fourth-order valence-corrected chi connectivity index (χ4v) is 4.10. The lowest BCUT2D eigenvalue weighted by atomic mass is 9.97. The normalized spacial score (nSPS) is 25.0. The Hall–Kier alpha value is -1.24. The van der Waals surface area contributed by atoms with Gasteiger partial charge in [0.05, 0.1) is 23.0 Å². The second-order valence-electron chi connectivity index (χ2n) is 6.37. The highest BCUT2D eigenvalue weighted by Gasteiger charge is 2.30. The van der Waals surface area contributed by atoms with Crippen LogP contribution >= 0.6 is 11.3 Å². The predicted octanol–water partition coefficient (Wildman–Crippen LogP) is 2.62. The molecule has 1 saturated carbocycles. The lowest BCUT2D eigenvalue weighted by Crippen LogP contribution is -2.24. The van der Waals surface area contributed by atoms with Gasteiger partial charge in [-0.15, -0.1) is 11.3 Å². The van der Waals surface area contributed by atoms with E-state index < -0.39 is 0 Å². The molecule has 5 nitrogen and oxygen atoms in total. The van der Waals surface area contributed by atoms with E-state index in [0.29, 0.717) is 5.92 Å².